The summed E-state index contributed by atoms with van der Waals surface area (Å²) in [7, 11) is 0. The van der Waals surface area contributed by atoms with Gasteiger partial charge in [0.15, 0.2) is 0 Å². The molecule has 1 aliphatic heterocycles. The Morgan fingerprint density at radius 2 is 1.96 bits per heavy atom. The minimum Gasteiger partial charge on any atom is -0.494 e. The van der Waals surface area contributed by atoms with E-state index in [9.17, 15) is 4.79 Å². The number of halogens is 1. The van der Waals surface area contributed by atoms with Crippen LogP contribution in [0.15, 0.2) is 42.5 Å². The van der Waals surface area contributed by atoms with Crippen molar-refractivity contribution in [2.24, 2.45) is 0 Å². The molecule has 5 nitrogen and oxygen atoms in total. The molecule has 2 aromatic rings. The number of unbranched alkanes of at least 4 members (excludes halogenated alkanes) is 1. The molecule has 0 saturated carbocycles. The number of amides is 1. The molecular weight excluding hydrogens is 376 g/mol. The zero-order chi connectivity index (χ0) is 19.8. The molecule has 0 radical (unpaired) electrons. The third-order valence-electron chi connectivity index (χ3n) is 4.64. The minimum atomic E-state index is -0.00710. The predicted molar refractivity (Wildman–Crippen MR) is 114 cm³/mol. The van der Waals surface area contributed by atoms with Gasteiger partial charge in [-0.05, 0) is 49.6 Å². The van der Waals surface area contributed by atoms with Crippen LogP contribution in [0.3, 0.4) is 0 Å². The standard InChI is InChI=1S/C22H27ClN2O3/c1-17-6-4-7-18(16-17)28-13-3-2-10-21(26)24-20-9-5-8-19(23)22(20)25-11-14-27-15-12-25/h4-9,16H,2-3,10-15H2,1H3,(H,24,26). The SMILES string of the molecule is Cc1cccc(OCCCCC(=O)Nc2cccc(Cl)c2N2CCOCC2)c1. The fourth-order valence-electron chi connectivity index (χ4n) is 3.22. The Hall–Kier alpha value is -2.24. The van der Waals surface area contributed by atoms with Gasteiger partial charge in [0, 0.05) is 19.5 Å². The number of carbonyl (C=O) groups is 1. The molecular formula is C22H27ClN2O3. The van der Waals surface area contributed by atoms with E-state index in [0.29, 0.717) is 31.3 Å². The number of carbonyl (C=O) groups excluding carboxylic acids is 1. The average Bonchev–Trinajstić information content (AvgIpc) is 2.68. The Kier molecular flexibility index (Phi) is 7.57. The number of rotatable bonds is 8. The molecule has 1 saturated heterocycles. The lowest BCUT2D eigenvalue weighted by Crippen LogP contribution is -2.37. The fraction of sp³-hybridized carbons (Fsp3) is 0.409. The Bertz CT molecular complexity index is 791. The maximum absolute atomic E-state index is 12.4. The van der Waals surface area contributed by atoms with Gasteiger partial charge in [0.05, 0.1) is 36.2 Å². The smallest absolute Gasteiger partial charge is 0.224 e. The molecule has 0 aliphatic carbocycles. The van der Waals surface area contributed by atoms with Crippen LogP contribution in [-0.4, -0.2) is 38.8 Å². The Morgan fingerprint density at radius 1 is 1.18 bits per heavy atom. The predicted octanol–water partition coefficient (Wildman–Crippen LogP) is 4.67. The van der Waals surface area contributed by atoms with Crippen molar-refractivity contribution in [3.8, 4) is 5.75 Å². The maximum Gasteiger partial charge on any atom is 0.224 e. The first-order chi connectivity index (χ1) is 13.6. The third-order valence-corrected chi connectivity index (χ3v) is 4.95. The second kappa shape index (κ2) is 10.3. The van der Waals surface area contributed by atoms with Crippen molar-refractivity contribution in [3.05, 3.63) is 53.1 Å². The molecule has 1 N–H and O–H groups in total. The summed E-state index contributed by atoms with van der Waals surface area (Å²) < 4.78 is 11.1. The molecule has 3 rings (SSSR count). The Balaban J connectivity index is 1.46. The van der Waals surface area contributed by atoms with Gasteiger partial charge in [-0.1, -0.05) is 29.8 Å². The van der Waals surface area contributed by atoms with E-state index < -0.39 is 0 Å². The highest BCUT2D eigenvalue weighted by molar-refractivity contribution is 6.34. The maximum atomic E-state index is 12.4. The second-order valence-corrected chi connectivity index (χ2v) is 7.31. The van der Waals surface area contributed by atoms with Crippen molar-refractivity contribution in [1.29, 1.82) is 0 Å². The van der Waals surface area contributed by atoms with Crippen LogP contribution in [-0.2, 0) is 9.53 Å². The zero-order valence-electron chi connectivity index (χ0n) is 16.2. The van der Waals surface area contributed by atoms with Gasteiger partial charge in [0.2, 0.25) is 5.91 Å². The second-order valence-electron chi connectivity index (χ2n) is 6.91. The zero-order valence-corrected chi connectivity index (χ0v) is 17.0. The normalized spacial score (nSPS) is 14.0. The number of anilines is 2. The monoisotopic (exact) mass is 402 g/mol. The van der Waals surface area contributed by atoms with Gasteiger partial charge >= 0.3 is 0 Å². The number of nitrogens with zero attached hydrogens (tertiary/aromatic N) is 1. The van der Waals surface area contributed by atoms with E-state index in [-0.39, 0.29) is 5.91 Å². The van der Waals surface area contributed by atoms with Crippen LogP contribution < -0.4 is 15.0 Å². The van der Waals surface area contributed by atoms with Crippen molar-refractivity contribution in [3.63, 3.8) is 0 Å². The summed E-state index contributed by atoms with van der Waals surface area (Å²) in [6, 6.07) is 13.6. The number of aryl methyl sites for hydroxylation is 1. The topological polar surface area (TPSA) is 50.8 Å². The summed E-state index contributed by atoms with van der Waals surface area (Å²) in [4.78, 5) is 14.6. The molecule has 6 heteroatoms. The van der Waals surface area contributed by atoms with E-state index in [2.05, 4.69) is 10.2 Å². The fourth-order valence-corrected chi connectivity index (χ4v) is 3.51. The van der Waals surface area contributed by atoms with E-state index in [1.54, 1.807) is 0 Å². The first kappa shape index (κ1) is 20.5. The Labute approximate surface area is 171 Å². The van der Waals surface area contributed by atoms with Crippen LogP contribution in [0.2, 0.25) is 5.02 Å². The molecule has 0 spiro atoms. The summed E-state index contributed by atoms with van der Waals surface area (Å²) in [5.41, 5.74) is 2.81. The molecule has 1 fully saturated rings. The molecule has 0 unspecified atom stereocenters. The average molecular weight is 403 g/mol. The van der Waals surface area contributed by atoms with Crippen molar-refractivity contribution in [2.45, 2.75) is 26.2 Å². The number of morpholine rings is 1. The number of hydrogen-bond acceptors (Lipinski definition) is 4. The van der Waals surface area contributed by atoms with E-state index in [4.69, 9.17) is 21.1 Å². The van der Waals surface area contributed by atoms with Crippen LogP contribution in [0.5, 0.6) is 5.75 Å². The van der Waals surface area contributed by atoms with Gasteiger partial charge < -0.3 is 19.7 Å². The molecule has 1 aliphatic rings. The summed E-state index contributed by atoms with van der Waals surface area (Å²) in [6.45, 7) is 5.51. The lowest BCUT2D eigenvalue weighted by molar-refractivity contribution is -0.116. The number of ether oxygens (including phenoxy) is 2. The van der Waals surface area contributed by atoms with Crippen molar-refractivity contribution >= 4 is 28.9 Å². The highest BCUT2D eigenvalue weighted by Gasteiger charge is 2.18. The van der Waals surface area contributed by atoms with E-state index in [0.717, 1.165) is 43.1 Å². The minimum absolute atomic E-state index is 0.00710. The molecule has 0 atom stereocenters. The first-order valence-electron chi connectivity index (χ1n) is 9.74. The van der Waals surface area contributed by atoms with Gasteiger partial charge in [-0.3, -0.25) is 4.79 Å². The summed E-state index contributed by atoms with van der Waals surface area (Å²) >= 11 is 6.41. The van der Waals surface area contributed by atoms with Crippen LogP contribution >= 0.6 is 11.6 Å². The largest absolute Gasteiger partial charge is 0.494 e. The Morgan fingerprint density at radius 3 is 2.75 bits per heavy atom. The molecule has 28 heavy (non-hydrogen) atoms. The first-order valence-corrected chi connectivity index (χ1v) is 10.1. The molecule has 1 heterocycles. The highest BCUT2D eigenvalue weighted by atomic mass is 35.5. The molecule has 2 aromatic carbocycles. The summed E-state index contributed by atoms with van der Waals surface area (Å²) in [5.74, 6) is 0.867. The summed E-state index contributed by atoms with van der Waals surface area (Å²) in [6.07, 6.45) is 2.05. The van der Waals surface area contributed by atoms with E-state index in [1.165, 1.54) is 5.56 Å². The van der Waals surface area contributed by atoms with Crippen LogP contribution in [0.4, 0.5) is 11.4 Å². The number of hydrogen-bond donors (Lipinski definition) is 1. The van der Waals surface area contributed by atoms with E-state index in [1.807, 2.05) is 49.4 Å². The van der Waals surface area contributed by atoms with Crippen molar-refractivity contribution in [2.75, 3.05) is 43.1 Å². The van der Waals surface area contributed by atoms with Crippen molar-refractivity contribution < 1.29 is 14.3 Å². The van der Waals surface area contributed by atoms with Crippen LogP contribution in [0, 0.1) is 6.92 Å². The molecule has 0 bridgehead atoms. The number of nitrogens with one attached hydrogen (secondary N) is 1. The van der Waals surface area contributed by atoms with Gasteiger partial charge in [0.1, 0.15) is 5.75 Å². The van der Waals surface area contributed by atoms with Gasteiger partial charge in [-0.25, -0.2) is 0 Å². The third kappa shape index (κ3) is 5.88. The summed E-state index contributed by atoms with van der Waals surface area (Å²) in [5, 5.41) is 3.66. The lowest BCUT2D eigenvalue weighted by Gasteiger charge is -2.31. The van der Waals surface area contributed by atoms with Crippen molar-refractivity contribution in [1.82, 2.24) is 0 Å². The number of benzene rings is 2. The quantitative estimate of drug-likeness (QED) is 0.652. The van der Waals surface area contributed by atoms with E-state index >= 15 is 0 Å². The molecule has 150 valence electrons. The van der Waals surface area contributed by atoms with Gasteiger partial charge in [-0.2, -0.15) is 0 Å². The van der Waals surface area contributed by atoms with Gasteiger partial charge in [0.25, 0.3) is 0 Å². The molecule has 0 aromatic heterocycles. The van der Waals surface area contributed by atoms with Gasteiger partial charge in [-0.15, -0.1) is 0 Å². The molecule has 1 amide bonds. The van der Waals surface area contributed by atoms with Crippen LogP contribution in [0.1, 0.15) is 24.8 Å². The highest BCUT2D eigenvalue weighted by Crippen LogP contribution is 2.34. The number of para-hydroxylation sites is 1. The lowest BCUT2D eigenvalue weighted by atomic mass is 10.2. The van der Waals surface area contributed by atoms with Crippen LogP contribution in [0.25, 0.3) is 0 Å².